The molecule has 0 amide bonds. The minimum absolute atomic E-state index is 0.589. The standard InChI is InChI=1S/C20H16ClN5/c21-16-8-2-1-5-15(16)12-23-18-11-19(25-13-24-18)26-17-9-3-6-14-7-4-10-22-20(14)17/h1-11,13H,12H2,(H2,23,24,25,26). The minimum atomic E-state index is 0.589. The summed E-state index contributed by atoms with van der Waals surface area (Å²) in [7, 11) is 0. The quantitative estimate of drug-likeness (QED) is 0.521. The first-order valence-corrected chi connectivity index (χ1v) is 8.57. The molecule has 0 radical (unpaired) electrons. The van der Waals surface area contributed by atoms with Crippen LogP contribution in [0.5, 0.6) is 0 Å². The highest BCUT2D eigenvalue weighted by Gasteiger charge is 2.05. The molecule has 0 aliphatic carbocycles. The number of fused-ring (bicyclic) bond motifs is 1. The summed E-state index contributed by atoms with van der Waals surface area (Å²) >= 11 is 6.19. The van der Waals surface area contributed by atoms with Crippen molar-refractivity contribution < 1.29 is 0 Å². The maximum Gasteiger partial charge on any atom is 0.135 e. The van der Waals surface area contributed by atoms with Gasteiger partial charge in [-0.05, 0) is 23.8 Å². The van der Waals surface area contributed by atoms with Crippen LogP contribution in [0.2, 0.25) is 5.02 Å². The van der Waals surface area contributed by atoms with Crippen molar-refractivity contribution in [1.82, 2.24) is 15.0 Å². The molecular weight excluding hydrogens is 346 g/mol. The van der Waals surface area contributed by atoms with Crippen molar-refractivity contribution in [2.24, 2.45) is 0 Å². The number of aromatic nitrogens is 3. The van der Waals surface area contributed by atoms with Crippen LogP contribution in [0.1, 0.15) is 5.56 Å². The Balaban J connectivity index is 1.53. The number of hydrogen-bond acceptors (Lipinski definition) is 5. The number of anilines is 3. The maximum absolute atomic E-state index is 6.19. The molecular formula is C20H16ClN5. The molecule has 0 fully saturated rings. The molecule has 2 N–H and O–H groups in total. The van der Waals surface area contributed by atoms with E-state index in [4.69, 9.17) is 11.6 Å². The largest absolute Gasteiger partial charge is 0.366 e. The van der Waals surface area contributed by atoms with Crippen LogP contribution in [0.4, 0.5) is 17.3 Å². The van der Waals surface area contributed by atoms with Gasteiger partial charge in [0.15, 0.2) is 0 Å². The first kappa shape index (κ1) is 16.3. The van der Waals surface area contributed by atoms with Crippen LogP contribution >= 0.6 is 11.6 Å². The topological polar surface area (TPSA) is 62.7 Å². The third kappa shape index (κ3) is 3.58. The van der Waals surface area contributed by atoms with Crippen LogP contribution in [0, 0.1) is 0 Å². The summed E-state index contributed by atoms with van der Waals surface area (Å²) in [5.41, 5.74) is 2.82. The van der Waals surface area contributed by atoms with Gasteiger partial charge in [-0.3, -0.25) is 4.98 Å². The number of nitrogens with one attached hydrogen (secondary N) is 2. The van der Waals surface area contributed by atoms with Crippen molar-refractivity contribution >= 4 is 39.8 Å². The van der Waals surface area contributed by atoms with Crippen molar-refractivity contribution in [2.45, 2.75) is 6.54 Å². The Morgan fingerprint density at radius 1 is 0.846 bits per heavy atom. The van der Waals surface area contributed by atoms with Gasteiger partial charge in [0, 0.05) is 29.2 Å². The number of hydrogen-bond donors (Lipinski definition) is 2. The summed E-state index contributed by atoms with van der Waals surface area (Å²) in [6.07, 6.45) is 3.31. The molecule has 2 heterocycles. The Kier molecular flexibility index (Phi) is 4.62. The Hall–Kier alpha value is -3.18. The van der Waals surface area contributed by atoms with Crippen LogP contribution in [0.3, 0.4) is 0 Å². The van der Waals surface area contributed by atoms with Crippen molar-refractivity contribution in [1.29, 1.82) is 0 Å². The molecule has 2 aromatic carbocycles. The number of benzene rings is 2. The van der Waals surface area contributed by atoms with E-state index in [1.807, 2.05) is 60.7 Å². The highest BCUT2D eigenvalue weighted by Crippen LogP contribution is 2.24. The lowest BCUT2D eigenvalue weighted by atomic mass is 10.2. The van der Waals surface area contributed by atoms with E-state index in [2.05, 4.69) is 25.6 Å². The minimum Gasteiger partial charge on any atom is -0.366 e. The second kappa shape index (κ2) is 7.37. The van der Waals surface area contributed by atoms with E-state index in [9.17, 15) is 0 Å². The molecule has 0 spiro atoms. The zero-order chi connectivity index (χ0) is 17.8. The molecule has 0 atom stereocenters. The van der Waals surface area contributed by atoms with Crippen LogP contribution in [0.25, 0.3) is 10.9 Å². The van der Waals surface area contributed by atoms with Crippen molar-refractivity contribution in [2.75, 3.05) is 10.6 Å². The van der Waals surface area contributed by atoms with E-state index in [1.165, 1.54) is 6.33 Å². The number of pyridine rings is 1. The van der Waals surface area contributed by atoms with Gasteiger partial charge < -0.3 is 10.6 Å². The summed E-state index contributed by atoms with van der Waals surface area (Å²) in [6.45, 7) is 0.589. The van der Waals surface area contributed by atoms with E-state index in [0.29, 0.717) is 12.4 Å². The normalized spacial score (nSPS) is 10.7. The molecule has 0 saturated carbocycles. The molecule has 4 aromatic rings. The number of rotatable bonds is 5. The zero-order valence-electron chi connectivity index (χ0n) is 13.9. The van der Waals surface area contributed by atoms with Gasteiger partial charge in [0.1, 0.15) is 18.0 Å². The number of halogens is 1. The molecule has 0 bridgehead atoms. The lowest BCUT2D eigenvalue weighted by Crippen LogP contribution is -2.03. The first-order chi connectivity index (χ1) is 12.8. The van der Waals surface area contributed by atoms with Gasteiger partial charge in [-0.1, -0.05) is 48.0 Å². The summed E-state index contributed by atoms with van der Waals surface area (Å²) in [5, 5.41) is 8.39. The predicted octanol–water partition coefficient (Wildman–Crippen LogP) is 5.03. The summed E-state index contributed by atoms with van der Waals surface area (Å²) in [5.74, 6) is 1.41. The fraction of sp³-hybridized carbons (Fsp3) is 0.0500. The van der Waals surface area contributed by atoms with Gasteiger partial charge in [0.2, 0.25) is 0 Å². The van der Waals surface area contributed by atoms with Crippen LogP contribution in [0.15, 0.2) is 73.2 Å². The van der Waals surface area contributed by atoms with Gasteiger partial charge in [-0.25, -0.2) is 9.97 Å². The predicted molar refractivity (Wildman–Crippen MR) is 106 cm³/mol. The lowest BCUT2D eigenvalue weighted by molar-refractivity contribution is 1.08. The summed E-state index contributed by atoms with van der Waals surface area (Å²) in [6, 6.07) is 19.6. The van der Waals surface area contributed by atoms with E-state index in [-0.39, 0.29) is 0 Å². The highest BCUT2D eigenvalue weighted by atomic mass is 35.5. The van der Waals surface area contributed by atoms with Crippen molar-refractivity contribution in [3.8, 4) is 0 Å². The number of para-hydroxylation sites is 1. The van der Waals surface area contributed by atoms with Gasteiger partial charge in [-0.2, -0.15) is 0 Å². The summed E-state index contributed by atoms with van der Waals surface area (Å²) in [4.78, 5) is 13.0. The molecule has 2 aromatic heterocycles. The Bertz CT molecular complexity index is 1050. The molecule has 6 heteroatoms. The van der Waals surface area contributed by atoms with Gasteiger partial charge in [0.25, 0.3) is 0 Å². The van der Waals surface area contributed by atoms with Gasteiger partial charge >= 0.3 is 0 Å². The van der Waals surface area contributed by atoms with Crippen LogP contribution in [-0.2, 0) is 6.54 Å². The van der Waals surface area contributed by atoms with Crippen LogP contribution in [-0.4, -0.2) is 15.0 Å². The SMILES string of the molecule is Clc1ccccc1CNc1cc(Nc2cccc3cccnc23)ncn1. The van der Waals surface area contributed by atoms with E-state index < -0.39 is 0 Å². The molecule has 0 aliphatic heterocycles. The molecule has 0 saturated heterocycles. The van der Waals surface area contributed by atoms with Gasteiger partial charge in [-0.15, -0.1) is 0 Å². The highest BCUT2D eigenvalue weighted by molar-refractivity contribution is 6.31. The first-order valence-electron chi connectivity index (χ1n) is 8.20. The van der Waals surface area contributed by atoms with E-state index in [0.717, 1.165) is 33.0 Å². The fourth-order valence-corrected chi connectivity index (χ4v) is 2.90. The van der Waals surface area contributed by atoms with Gasteiger partial charge in [0.05, 0.1) is 11.2 Å². The molecule has 5 nitrogen and oxygen atoms in total. The molecule has 0 aliphatic rings. The monoisotopic (exact) mass is 361 g/mol. The second-order valence-electron chi connectivity index (χ2n) is 5.74. The van der Waals surface area contributed by atoms with Crippen LogP contribution < -0.4 is 10.6 Å². The smallest absolute Gasteiger partial charge is 0.135 e. The third-order valence-corrected chi connectivity index (χ3v) is 4.35. The molecule has 0 unspecified atom stereocenters. The fourth-order valence-electron chi connectivity index (χ4n) is 2.69. The van der Waals surface area contributed by atoms with E-state index in [1.54, 1.807) is 6.20 Å². The van der Waals surface area contributed by atoms with E-state index >= 15 is 0 Å². The maximum atomic E-state index is 6.19. The van der Waals surface area contributed by atoms with Crippen molar-refractivity contribution in [3.63, 3.8) is 0 Å². The van der Waals surface area contributed by atoms with Crippen molar-refractivity contribution in [3.05, 3.63) is 83.8 Å². The Morgan fingerprint density at radius 2 is 1.69 bits per heavy atom. The average molecular weight is 362 g/mol. The molecule has 26 heavy (non-hydrogen) atoms. The Labute approximate surface area is 156 Å². The zero-order valence-corrected chi connectivity index (χ0v) is 14.6. The molecule has 128 valence electrons. The second-order valence-corrected chi connectivity index (χ2v) is 6.15. The average Bonchev–Trinajstić information content (AvgIpc) is 2.68. The Morgan fingerprint density at radius 3 is 2.62 bits per heavy atom. The number of nitrogens with zero attached hydrogens (tertiary/aromatic N) is 3. The summed E-state index contributed by atoms with van der Waals surface area (Å²) < 4.78 is 0. The lowest BCUT2D eigenvalue weighted by Gasteiger charge is -2.10. The third-order valence-electron chi connectivity index (χ3n) is 3.98. The molecule has 4 rings (SSSR count).